The topological polar surface area (TPSA) is 43.8 Å². The molecule has 3 nitrogen and oxygen atoms in total. The molecule has 0 aliphatic heterocycles. The Bertz CT molecular complexity index is 478. The second-order valence-corrected chi connectivity index (χ2v) is 3.90. The number of hydrogen-bond acceptors (Lipinski definition) is 2. The van der Waals surface area contributed by atoms with Gasteiger partial charge in [0.2, 0.25) is 0 Å². The Morgan fingerprint density at radius 1 is 1.20 bits per heavy atom. The summed E-state index contributed by atoms with van der Waals surface area (Å²) in [5, 5.41) is 4.36. The van der Waals surface area contributed by atoms with Crippen molar-refractivity contribution in [2.45, 2.75) is 13.8 Å². The molecule has 2 aromatic rings. The van der Waals surface area contributed by atoms with E-state index in [1.54, 1.807) is 4.68 Å². The Morgan fingerprint density at radius 3 is 2.47 bits per heavy atom. The Kier molecular flexibility index (Phi) is 2.23. The lowest BCUT2D eigenvalue weighted by molar-refractivity contribution is 0.782. The first-order valence-electron chi connectivity index (χ1n) is 4.95. The molecule has 1 aromatic carbocycles. The molecule has 0 atom stereocenters. The van der Waals surface area contributed by atoms with Gasteiger partial charge in [0.15, 0.2) is 0 Å². The molecule has 0 aliphatic rings. The Hall–Kier alpha value is -1.77. The van der Waals surface area contributed by atoms with Crippen molar-refractivity contribution in [3.63, 3.8) is 0 Å². The van der Waals surface area contributed by atoms with E-state index in [0.29, 0.717) is 5.82 Å². The van der Waals surface area contributed by atoms with Gasteiger partial charge >= 0.3 is 0 Å². The van der Waals surface area contributed by atoms with Crippen LogP contribution in [-0.2, 0) is 7.05 Å². The maximum atomic E-state index is 5.76. The van der Waals surface area contributed by atoms with Crippen LogP contribution in [0, 0.1) is 13.8 Å². The minimum absolute atomic E-state index is 0.685. The maximum Gasteiger partial charge on any atom is 0.121 e. The van der Waals surface area contributed by atoms with Gasteiger partial charge in [-0.1, -0.05) is 23.8 Å². The highest BCUT2D eigenvalue weighted by atomic mass is 15.3. The minimum Gasteiger partial charge on any atom is -0.384 e. The smallest absolute Gasteiger partial charge is 0.121 e. The van der Waals surface area contributed by atoms with E-state index >= 15 is 0 Å². The van der Waals surface area contributed by atoms with E-state index in [-0.39, 0.29) is 0 Å². The fourth-order valence-corrected chi connectivity index (χ4v) is 1.71. The summed E-state index contributed by atoms with van der Waals surface area (Å²) in [6, 6.07) is 8.23. The highest BCUT2D eigenvalue weighted by molar-refractivity contribution is 5.66. The quantitative estimate of drug-likeness (QED) is 0.769. The molecular formula is C12H15N3. The van der Waals surface area contributed by atoms with E-state index in [0.717, 1.165) is 11.3 Å². The lowest BCUT2D eigenvalue weighted by Crippen LogP contribution is -1.96. The van der Waals surface area contributed by atoms with Gasteiger partial charge < -0.3 is 5.73 Å². The number of aryl methyl sites for hydroxylation is 3. The molecule has 1 heterocycles. The zero-order valence-electron chi connectivity index (χ0n) is 9.28. The van der Waals surface area contributed by atoms with Crippen molar-refractivity contribution < 1.29 is 0 Å². The maximum absolute atomic E-state index is 5.76. The normalized spacial score (nSPS) is 10.6. The van der Waals surface area contributed by atoms with E-state index in [1.165, 1.54) is 11.1 Å². The standard InChI is InChI=1S/C12H15N3/c1-8-4-5-10(9(2)6-8)11-7-12(13)15(3)14-11/h4-7H,13H2,1-3H3. The minimum atomic E-state index is 0.685. The predicted octanol–water partition coefficient (Wildman–Crippen LogP) is 2.29. The number of nitrogens with two attached hydrogens (primary N) is 1. The third-order valence-corrected chi connectivity index (χ3v) is 2.57. The summed E-state index contributed by atoms with van der Waals surface area (Å²) in [6.07, 6.45) is 0. The van der Waals surface area contributed by atoms with Crippen LogP contribution in [0.25, 0.3) is 11.3 Å². The molecule has 0 unspecified atom stereocenters. The Morgan fingerprint density at radius 2 is 1.93 bits per heavy atom. The van der Waals surface area contributed by atoms with E-state index in [1.807, 2.05) is 13.1 Å². The average molecular weight is 201 g/mol. The van der Waals surface area contributed by atoms with E-state index < -0.39 is 0 Å². The molecule has 0 bridgehead atoms. The van der Waals surface area contributed by atoms with Crippen LogP contribution in [0.1, 0.15) is 11.1 Å². The molecule has 2 N–H and O–H groups in total. The van der Waals surface area contributed by atoms with Crippen LogP contribution in [-0.4, -0.2) is 9.78 Å². The second-order valence-electron chi connectivity index (χ2n) is 3.90. The van der Waals surface area contributed by atoms with Gasteiger partial charge in [0.05, 0.1) is 5.69 Å². The second kappa shape index (κ2) is 3.42. The number of nitrogens with zero attached hydrogens (tertiary/aromatic N) is 2. The van der Waals surface area contributed by atoms with Gasteiger partial charge in [-0.3, -0.25) is 4.68 Å². The third-order valence-electron chi connectivity index (χ3n) is 2.57. The van der Waals surface area contributed by atoms with Gasteiger partial charge in [0.25, 0.3) is 0 Å². The first kappa shape index (κ1) is 9.77. The summed E-state index contributed by atoms with van der Waals surface area (Å²) >= 11 is 0. The molecule has 0 radical (unpaired) electrons. The fourth-order valence-electron chi connectivity index (χ4n) is 1.71. The van der Waals surface area contributed by atoms with Crippen LogP contribution in [0.5, 0.6) is 0 Å². The van der Waals surface area contributed by atoms with Crippen molar-refractivity contribution in [2.24, 2.45) is 7.05 Å². The number of hydrogen-bond donors (Lipinski definition) is 1. The number of nitrogen functional groups attached to an aromatic ring is 1. The van der Waals surface area contributed by atoms with Gasteiger partial charge in [0.1, 0.15) is 5.82 Å². The monoisotopic (exact) mass is 201 g/mol. The first-order valence-corrected chi connectivity index (χ1v) is 4.95. The largest absolute Gasteiger partial charge is 0.384 e. The van der Waals surface area contributed by atoms with Crippen molar-refractivity contribution in [3.05, 3.63) is 35.4 Å². The molecule has 2 rings (SSSR count). The predicted molar refractivity (Wildman–Crippen MR) is 62.5 cm³/mol. The van der Waals surface area contributed by atoms with Crippen molar-refractivity contribution in [1.29, 1.82) is 0 Å². The molecule has 3 heteroatoms. The van der Waals surface area contributed by atoms with Gasteiger partial charge in [-0.2, -0.15) is 5.10 Å². The Labute approximate surface area is 89.5 Å². The molecule has 0 spiro atoms. The highest BCUT2D eigenvalue weighted by Gasteiger charge is 2.07. The fraction of sp³-hybridized carbons (Fsp3) is 0.250. The SMILES string of the molecule is Cc1ccc(-c2cc(N)n(C)n2)c(C)c1. The molecule has 78 valence electrons. The van der Waals surface area contributed by atoms with E-state index in [9.17, 15) is 0 Å². The van der Waals surface area contributed by atoms with Crippen LogP contribution in [0.15, 0.2) is 24.3 Å². The first-order chi connectivity index (χ1) is 7.08. The number of aromatic nitrogens is 2. The Balaban J connectivity index is 2.54. The summed E-state index contributed by atoms with van der Waals surface area (Å²) in [7, 11) is 1.85. The van der Waals surface area contributed by atoms with Crippen LogP contribution >= 0.6 is 0 Å². The summed E-state index contributed by atoms with van der Waals surface area (Å²) in [4.78, 5) is 0. The summed E-state index contributed by atoms with van der Waals surface area (Å²) < 4.78 is 1.69. The number of anilines is 1. The molecule has 0 saturated heterocycles. The van der Waals surface area contributed by atoms with Crippen LogP contribution in [0.2, 0.25) is 0 Å². The molecular weight excluding hydrogens is 186 g/mol. The zero-order valence-corrected chi connectivity index (χ0v) is 9.28. The number of benzene rings is 1. The summed E-state index contributed by atoms with van der Waals surface area (Å²) in [5.41, 5.74) is 10.3. The molecule has 15 heavy (non-hydrogen) atoms. The van der Waals surface area contributed by atoms with Crippen LogP contribution < -0.4 is 5.73 Å². The zero-order chi connectivity index (χ0) is 11.0. The van der Waals surface area contributed by atoms with Gasteiger partial charge in [-0.05, 0) is 19.4 Å². The molecule has 0 aliphatic carbocycles. The van der Waals surface area contributed by atoms with Gasteiger partial charge in [0, 0.05) is 18.7 Å². The average Bonchev–Trinajstić information content (AvgIpc) is 2.46. The van der Waals surface area contributed by atoms with E-state index in [4.69, 9.17) is 5.73 Å². The molecule has 0 saturated carbocycles. The lowest BCUT2D eigenvalue weighted by atomic mass is 10.0. The summed E-state index contributed by atoms with van der Waals surface area (Å²) in [5.74, 6) is 0.685. The van der Waals surface area contributed by atoms with Crippen molar-refractivity contribution in [2.75, 3.05) is 5.73 Å². The van der Waals surface area contributed by atoms with Crippen LogP contribution in [0.4, 0.5) is 5.82 Å². The van der Waals surface area contributed by atoms with Crippen molar-refractivity contribution in [3.8, 4) is 11.3 Å². The van der Waals surface area contributed by atoms with Gasteiger partial charge in [-0.15, -0.1) is 0 Å². The van der Waals surface area contributed by atoms with Crippen LogP contribution in [0.3, 0.4) is 0 Å². The number of rotatable bonds is 1. The third kappa shape index (κ3) is 1.73. The van der Waals surface area contributed by atoms with Crippen molar-refractivity contribution in [1.82, 2.24) is 9.78 Å². The molecule has 0 amide bonds. The highest BCUT2D eigenvalue weighted by Crippen LogP contribution is 2.24. The molecule has 0 fully saturated rings. The van der Waals surface area contributed by atoms with Crippen molar-refractivity contribution >= 4 is 5.82 Å². The molecule has 1 aromatic heterocycles. The van der Waals surface area contributed by atoms with E-state index in [2.05, 4.69) is 37.1 Å². The lowest BCUT2D eigenvalue weighted by Gasteiger charge is -2.03. The summed E-state index contributed by atoms with van der Waals surface area (Å²) in [6.45, 7) is 4.18. The van der Waals surface area contributed by atoms with Gasteiger partial charge in [-0.25, -0.2) is 0 Å².